The van der Waals surface area contributed by atoms with Gasteiger partial charge in [-0.25, -0.2) is 4.39 Å². The Morgan fingerprint density at radius 2 is 2.23 bits per heavy atom. The summed E-state index contributed by atoms with van der Waals surface area (Å²) in [5.74, 6) is 0.696. The number of rotatable bonds is 2. The summed E-state index contributed by atoms with van der Waals surface area (Å²) in [4.78, 5) is 0. The first kappa shape index (κ1) is 8.97. The summed E-state index contributed by atoms with van der Waals surface area (Å²) in [6.45, 7) is 0.679. The third-order valence-electron chi connectivity index (χ3n) is 2.54. The van der Waals surface area contributed by atoms with Gasteiger partial charge < -0.3 is 5.73 Å². The smallest absolute Gasteiger partial charge is 0.124 e. The quantitative estimate of drug-likeness (QED) is 0.779. The minimum absolute atomic E-state index is 0.259. The van der Waals surface area contributed by atoms with Crippen LogP contribution in [-0.4, -0.2) is 6.54 Å². The topological polar surface area (TPSA) is 26.0 Å². The van der Waals surface area contributed by atoms with E-state index in [0.717, 1.165) is 12.0 Å². The molecule has 0 saturated heterocycles. The first-order chi connectivity index (χ1) is 6.20. The van der Waals surface area contributed by atoms with Gasteiger partial charge in [0, 0.05) is 5.02 Å². The van der Waals surface area contributed by atoms with Gasteiger partial charge in [-0.05, 0) is 48.6 Å². The van der Waals surface area contributed by atoms with E-state index in [1.54, 1.807) is 6.07 Å². The Morgan fingerprint density at radius 1 is 1.46 bits per heavy atom. The standard InChI is InChI=1S/C10H11ClFN/c11-8-1-6(2-9(12)4-8)10-3-7(10)5-13/h1-2,4,7,10H,3,5,13H2/t7-,10-/m0/s1. The molecule has 3 heteroatoms. The largest absolute Gasteiger partial charge is 0.330 e. The molecular formula is C10H11ClFN. The molecule has 2 atom stereocenters. The van der Waals surface area contributed by atoms with Crippen molar-refractivity contribution in [3.05, 3.63) is 34.6 Å². The second-order valence-corrected chi connectivity index (χ2v) is 3.98. The highest BCUT2D eigenvalue weighted by atomic mass is 35.5. The zero-order valence-electron chi connectivity index (χ0n) is 7.13. The van der Waals surface area contributed by atoms with Crippen molar-refractivity contribution >= 4 is 11.6 Å². The molecular weight excluding hydrogens is 189 g/mol. The van der Waals surface area contributed by atoms with Gasteiger partial charge in [0.15, 0.2) is 0 Å². The highest BCUT2D eigenvalue weighted by Gasteiger charge is 2.37. The van der Waals surface area contributed by atoms with E-state index in [-0.39, 0.29) is 5.82 Å². The van der Waals surface area contributed by atoms with Crippen LogP contribution >= 0.6 is 11.6 Å². The predicted octanol–water partition coefficient (Wildman–Crippen LogP) is 2.54. The second-order valence-electron chi connectivity index (χ2n) is 3.54. The highest BCUT2D eigenvalue weighted by molar-refractivity contribution is 6.30. The summed E-state index contributed by atoms with van der Waals surface area (Å²) in [5.41, 5.74) is 6.50. The van der Waals surface area contributed by atoms with Crippen LogP contribution in [0.3, 0.4) is 0 Å². The van der Waals surface area contributed by atoms with Crippen LogP contribution in [0.1, 0.15) is 17.9 Å². The summed E-state index contributed by atoms with van der Waals surface area (Å²) in [6.07, 6.45) is 1.07. The average molecular weight is 200 g/mol. The monoisotopic (exact) mass is 199 g/mol. The number of nitrogens with two attached hydrogens (primary N) is 1. The molecule has 70 valence electrons. The van der Waals surface area contributed by atoms with E-state index in [1.165, 1.54) is 6.07 Å². The lowest BCUT2D eigenvalue weighted by Crippen LogP contribution is -2.02. The molecule has 0 heterocycles. The Bertz CT molecular complexity index is 306. The molecule has 1 aromatic carbocycles. The third-order valence-corrected chi connectivity index (χ3v) is 2.76. The molecule has 1 fully saturated rings. The van der Waals surface area contributed by atoms with Crippen molar-refractivity contribution in [2.75, 3.05) is 6.54 Å². The van der Waals surface area contributed by atoms with Gasteiger partial charge >= 0.3 is 0 Å². The van der Waals surface area contributed by atoms with E-state index in [0.29, 0.717) is 23.4 Å². The fourth-order valence-corrected chi connectivity index (χ4v) is 1.94. The molecule has 1 saturated carbocycles. The lowest BCUT2D eigenvalue weighted by molar-refractivity contribution is 0.625. The molecule has 2 N–H and O–H groups in total. The van der Waals surface area contributed by atoms with E-state index in [9.17, 15) is 4.39 Å². The van der Waals surface area contributed by atoms with Crippen LogP contribution in [0, 0.1) is 11.7 Å². The van der Waals surface area contributed by atoms with Crippen molar-refractivity contribution < 1.29 is 4.39 Å². The van der Waals surface area contributed by atoms with Gasteiger partial charge in [-0.15, -0.1) is 0 Å². The predicted molar refractivity (Wildman–Crippen MR) is 51.3 cm³/mol. The van der Waals surface area contributed by atoms with Crippen LogP contribution in [0.15, 0.2) is 18.2 Å². The summed E-state index contributed by atoms with van der Waals surface area (Å²) >= 11 is 5.74. The third kappa shape index (κ3) is 1.84. The molecule has 0 aromatic heterocycles. The summed E-state index contributed by atoms with van der Waals surface area (Å²) in [7, 11) is 0. The molecule has 0 unspecified atom stereocenters. The number of halogens is 2. The lowest BCUT2D eigenvalue weighted by Gasteiger charge is -2.00. The van der Waals surface area contributed by atoms with E-state index in [1.807, 2.05) is 6.07 Å². The molecule has 2 rings (SSSR count). The zero-order chi connectivity index (χ0) is 9.42. The molecule has 0 radical (unpaired) electrons. The molecule has 0 amide bonds. The van der Waals surface area contributed by atoms with Crippen LogP contribution in [-0.2, 0) is 0 Å². The number of benzene rings is 1. The summed E-state index contributed by atoms with van der Waals surface area (Å²) in [5, 5.41) is 0.470. The maximum atomic E-state index is 12.9. The van der Waals surface area contributed by atoms with Crippen LogP contribution in [0.5, 0.6) is 0 Å². The molecule has 1 nitrogen and oxygen atoms in total. The Kier molecular flexibility index (Phi) is 2.26. The maximum absolute atomic E-state index is 12.9. The van der Waals surface area contributed by atoms with E-state index < -0.39 is 0 Å². The first-order valence-electron chi connectivity index (χ1n) is 4.37. The van der Waals surface area contributed by atoms with Crippen molar-refractivity contribution in [1.82, 2.24) is 0 Å². The van der Waals surface area contributed by atoms with Crippen molar-refractivity contribution in [2.45, 2.75) is 12.3 Å². The molecule has 0 aliphatic heterocycles. The molecule has 1 aromatic rings. The summed E-state index contributed by atoms with van der Waals surface area (Å²) < 4.78 is 12.9. The summed E-state index contributed by atoms with van der Waals surface area (Å²) in [6, 6.07) is 4.70. The van der Waals surface area contributed by atoms with Crippen molar-refractivity contribution in [3.8, 4) is 0 Å². The Balaban J connectivity index is 2.22. The van der Waals surface area contributed by atoms with Gasteiger partial charge in [0.1, 0.15) is 5.82 Å². The second kappa shape index (κ2) is 3.28. The lowest BCUT2D eigenvalue weighted by atomic mass is 10.1. The average Bonchev–Trinajstić information content (AvgIpc) is 2.80. The molecule has 0 spiro atoms. The van der Waals surface area contributed by atoms with Gasteiger partial charge in [0.2, 0.25) is 0 Å². The Hall–Kier alpha value is -0.600. The Labute approximate surface area is 81.7 Å². The SMILES string of the molecule is NC[C@@H]1C[C@H]1c1cc(F)cc(Cl)c1. The minimum Gasteiger partial charge on any atom is -0.330 e. The van der Waals surface area contributed by atoms with Crippen LogP contribution in [0.4, 0.5) is 4.39 Å². The van der Waals surface area contributed by atoms with Gasteiger partial charge in [0.05, 0.1) is 0 Å². The number of hydrogen-bond donors (Lipinski definition) is 1. The van der Waals surface area contributed by atoms with Crippen LogP contribution in [0.25, 0.3) is 0 Å². The fourth-order valence-electron chi connectivity index (χ4n) is 1.71. The van der Waals surface area contributed by atoms with Crippen molar-refractivity contribution in [2.24, 2.45) is 11.7 Å². The van der Waals surface area contributed by atoms with Gasteiger partial charge in [-0.2, -0.15) is 0 Å². The van der Waals surface area contributed by atoms with Crippen LogP contribution < -0.4 is 5.73 Å². The van der Waals surface area contributed by atoms with Crippen LogP contribution in [0.2, 0.25) is 5.02 Å². The highest BCUT2D eigenvalue weighted by Crippen LogP contribution is 2.47. The van der Waals surface area contributed by atoms with E-state index in [2.05, 4.69) is 0 Å². The fraction of sp³-hybridized carbons (Fsp3) is 0.400. The van der Waals surface area contributed by atoms with Crippen molar-refractivity contribution in [1.29, 1.82) is 0 Å². The molecule has 1 aliphatic rings. The first-order valence-corrected chi connectivity index (χ1v) is 4.74. The molecule has 1 aliphatic carbocycles. The molecule has 13 heavy (non-hydrogen) atoms. The van der Waals surface area contributed by atoms with Crippen molar-refractivity contribution in [3.63, 3.8) is 0 Å². The zero-order valence-corrected chi connectivity index (χ0v) is 7.89. The minimum atomic E-state index is -0.259. The Morgan fingerprint density at radius 3 is 2.77 bits per heavy atom. The normalized spacial score (nSPS) is 26.1. The van der Waals surface area contributed by atoms with E-state index in [4.69, 9.17) is 17.3 Å². The number of hydrogen-bond acceptors (Lipinski definition) is 1. The maximum Gasteiger partial charge on any atom is 0.124 e. The van der Waals surface area contributed by atoms with Gasteiger partial charge in [0.25, 0.3) is 0 Å². The van der Waals surface area contributed by atoms with E-state index >= 15 is 0 Å². The molecule has 0 bridgehead atoms. The van der Waals surface area contributed by atoms with Gasteiger partial charge in [-0.3, -0.25) is 0 Å². The van der Waals surface area contributed by atoms with Gasteiger partial charge in [-0.1, -0.05) is 11.6 Å².